The Balaban J connectivity index is 0.00000312. The number of aliphatic imine (C=N–C) groups is 1. The summed E-state index contributed by atoms with van der Waals surface area (Å²) in [7, 11) is 0. The van der Waals surface area contributed by atoms with Crippen LogP contribution in [0.25, 0.3) is 0 Å². The zero-order valence-corrected chi connectivity index (χ0v) is 17.9. The van der Waals surface area contributed by atoms with Crippen molar-refractivity contribution in [1.82, 2.24) is 10.6 Å². The Morgan fingerprint density at radius 2 is 1.84 bits per heavy atom. The molecular formula is C18H36IN3O3. The molecule has 1 saturated carbocycles. The highest BCUT2D eigenvalue weighted by atomic mass is 127. The van der Waals surface area contributed by atoms with Crippen molar-refractivity contribution in [2.24, 2.45) is 4.99 Å². The smallest absolute Gasteiger partial charge is 0.191 e. The molecule has 1 aliphatic heterocycles. The largest absolute Gasteiger partial charge is 0.388 e. The maximum absolute atomic E-state index is 10.5. The van der Waals surface area contributed by atoms with E-state index >= 15 is 0 Å². The second kappa shape index (κ2) is 13.1. The van der Waals surface area contributed by atoms with Crippen molar-refractivity contribution in [1.29, 1.82) is 0 Å². The van der Waals surface area contributed by atoms with Crippen molar-refractivity contribution in [3.8, 4) is 0 Å². The Kier molecular flexibility index (Phi) is 12.0. The Labute approximate surface area is 169 Å². The summed E-state index contributed by atoms with van der Waals surface area (Å²) >= 11 is 0. The van der Waals surface area contributed by atoms with Gasteiger partial charge in [-0.05, 0) is 19.8 Å². The van der Waals surface area contributed by atoms with Crippen LogP contribution in [0.4, 0.5) is 0 Å². The third kappa shape index (κ3) is 9.40. The van der Waals surface area contributed by atoms with Gasteiger partial charge in [0, 0.05) is 39.1 Å². The number of rotatable bonds is 7. The van der Waals surface area contributed by atoms with E-state index < -0.39 is 5.60 Å². The molecule has 6 nitrogen and oxygen atoms in total. The summed E-state index contributed by atoms with van der Waals surface area (Å²) in [4.78, 5) is 4.54. The van der Waals surface area contributed by atoms with Crippen molar-refractivity contribution >= 4 is 29.9 Å². The van der Waals surface area contributed by atoms with E-state index in [1.54, 1.807) is 0 Å². The molecule has 0 spiro atoms. The fourth-order valence-corrected chi connectivity index (χ4v) is 3.28. The van der Waals surface area contributed by atoms with E-state index in [1.807, 2.05) is 6.92 Å². The molecule has 0 aromatic rings. The Morgan fingerprint density at radius 3 is 2.48 bits per heavy atom. The first kappa shape index (κ1) is 22.9. The number of guanidine groups is 1. The van der Waals surface area contributed by atoms with Gasteiger partial charge in [-0.3, -0.25) is 4.99 Å². The topological polar surface area (TPSA) is 75.1 Å². The average Bonchev–Trinajstić information content (AvgIpc) is 2.86. The molecule has 2 rings (SSSR count). The van der Waals surface area contributed by atoms with E-state index in [9.17, 15) is 5.11 Å². The summed E-state index contributed by atoms with van der Waals surface area (Å²) in [5, 5.41) is 17.0. The van der Waals surface area contributed by atoms with Gasteiger partial charge < -0.3 is 25.2 Å². The van der Waals surface area contributed by atoms with Gasteiger partial charge in [-0.2, -0.15) is 0 Å². The number of hydrogen-bond acceptors (Lipinski definition) is 4. The first-order valence-electron chi connectivity index (χ1n) is 9.66. The molecule has 0 amide bonds. The summed E-state index contributed by atoms with van der Waals surface area (Å²) in [6.07, 6.45) is 9.42. The fourth-order valence-electron chi connectivity index (χ4n) is 3.28. The van der Waals surface area contributed by atoms with Crippen LogP contribution in [-0.2, 0) is 9.47 Å². The Morgan fingerprint density at radius 1 is 1.16 bits per heavy atom. The van der Waals surface area contributed by atoms with E-state index in [1.165, 1.54) is 38.5 Å². The number of nitrogens with one attached hydrogen (secondary N) is 2. The van der Waals surface area contributed by atoms with Crippen molar-refractivity contribution in [3.05, 3.63) is 0 Å². The Hall–Kier alpha value is -0.120. The summed E-state index contributed by atoms with van der Waals surface area (Å²) < 4.78 is 11.3. The van der Waals surface area contributed by atoms with Crippen LogP contribution in [0, 0.1) is 0 Å². The molecule has 2 aliphatic rings. The lowest BCUT2D eigenvalue weighted by Crippen LogP contribution is -2.43. The van der Waals surface area contributed by atoms with Crippen molar-refractivity contribution in [2.75, 3.05) is 39.5 Å². The molecule has 0 atom stereocenters. The number of hydrogen-bond donors (Lipinski definition) is 3. The first-order valence-corrected chi connectivity index (χ1v) is 9.66. The summed E-state index contributed by atoms with van der Waals surface area (Å²) in [6, 6.07) is 0. The third-order valence-corrected chi connectivity index (χ3v) is 4.85. The van der Waals surface area contributed by atoms with Crippen LogP contribution >= 0.6 is 24.0 Å². The van der Waals surface area contributed by atoms with Gasteiger partial charge in [0.05, 0.1) is 24.9 Å². The highest BCUT2D eigenvalue weighted by Crippen LogP contribution is 2.21. The molecule has 0 aromatic carbocycles. The monoisotopic (exact) mass is 469 g/mol. The van der Waals surface area contributed by atoms with Gasteiger partial charge in [0.25, 0.3) is 0 Å². The molecular weight excluding hydrogens is 433 g/mol. The van der Waals surface area contributed by atoms with Gasteiger partial charge in [-0.25, -0.2) is 0 Å². The minimum atomic E-state index is -0.725. The minimum Gasteiger partial charge on any atom is -0.388 e. The molecule has 0 unspecified atom stereocenters. The van der Waals surface area contributed by atoms with Crippen molar-refractivity contribution < 1.29 is 14.6 Å². The SMILES string of the molecule is CCNC(=NCC1(O)CCOCC1)NCCOC1CCCCCC1.I. The molecule has 0 aromatic heterocycles. The quantitative estimate of drug-likeness (QED) is 0.176. The summed E-state index contributed by atoms with van der Waals surface area (Å²) in [5.41, 5.74) is -0.725. The van der Waals surface area contributed by atoms with E-state index in [2.05, 4.69) is 15.6 Å². The lowest BCUT2D eigenvalue weighted by Gasteiger charge is -2.30. The fraction of sp³-hybridized carbons (Fsp3) is 0.944. The molecule has 0 radical (unpaired) electrons. The van der Waals surface area contributed by atoms with E-state index in [0.717, 1.165) is 19.0 Å². The van der Waals surface area contributed by atoms with Gasteiger partial charge in [-0.1, -0.05) is 25.7 Å². The van der Waals surface area contributed by atoms with Crippen LogP contribution in [0.3, 0.4) is 0 Å². The maximum atomic E-state index is 10.5. The zero-order chi connectivity index (χ0) is 17.1. The second-order valence-corrected chi connectivity index (χ2v) is 6.94. The summed E-state index contributed by atoms with van der Waals surface area (Å²) in [5.74, 6) is 0.752. The van der Waals surface area contributed by atoms with E-state index in [0.29, 0.717) is 45.3 Å². The lowest BCUT2D eigenvalue weighted by molar-refractivity contribution is -0.0566. The highest BCUT2D eigenvalue weighted by Gasteiger charge is 2.29. The van der Waals surface area contributed by atoms with E-state index in [-0.39, 0.29) is 24.0 Å². The number of aliphatic hydroxyl groups is 1. The normalized spacial score (nSPS) is 21.9. The molecule has 148 valence electrons. The van der Waals surface area contributed by atoms with Crippen LogP contribution in [0.15, 0.2) is 4.99 Å². The molecule has 7 heteroatoms. The summed E-state index contributed by atoms with van der Waals surface area (Å²) in [6.45, 7) is 5.93. The van der Waals surface area contributed by atoms with Crippen LogP contribution < -0.4 is 10.6 Å². The van der Waals surface area contributed by atoms with Crippen molar-refractivity contribution in [2.45, 2.75) is 70.0 Å². The van der Waals surface area contributed by atoms with Crippen LogP contribution in [-0.4, -0.2) is 62.2 Å². The molecule has 1 heterocycles. The molecule has 25 heavy (non-hydrogen) atoms. The third-order valence-electron chi connectivity index (χ3n) is 4.85. The standard InChI is InChI=1S/C18H35N3O3.HI/c1-2-19-17(21-15-18(22)9-12-23-13-10-18)20-11-14-24-16-7-5-3-4-6-8-16;/h16,22H,2-15H2,1H3,(H2,19,20,21);1H. The average molecular weight is 469 g/mol. The Bertz CT molecular complexity index is 369. The second-order valence-electron chi connectivity index (χ2n) is 6.94. The number of ether oxygens (including phenoxy) is 2. The van der Waals surface area contributed by atoms with Gasteiger partial charge in [0.15, 0.2) is 5.96 Å². The van der Waals surface area contributed by atoms with Crippen LogP contribution in [0.5, 0.6) is 0 Å². The minimum absolute atomic E-state index is 0. The highest BCUT2D eigenvalue weighted by molar-refractivity contribution is 14.0. The molecule has 3 N–H and O–H groups in total. The molecule has 0 bridgehead atoms. The maximum Gasteiger partial charge on any atom is 0.191 e. The number of halogens is 1. The van der Waals surface area contributed by atoms with Crippen molar-refractivity contribution in [3.63, 3.8) is 0 Å². The molecule has 2 fully saturated rings. The predicted octanol–water partition coefficient (Wildman–Crippen LogP) is 2.44. The lowest BCUT2D eigenvalue weighted by atomic mass is 9.95. The van der Waals surface area contributed by atoms with Crippen LogP contribution in [0.1, 0.15) is 58.3 Å². The zero-order valence-electron chi connectivity index (χ0n) is 15.6. The number of nitrogens with zero attached hydrogens (tertiary/aromatic N) is 1. The van der Waals surface area contributed by atoms with Crippen LogP contribution in [0.2, 0.25) is 0 Å². The van der Waals surface area contributed by atoms with E-state index in [4.69, 9.17) is 9.47 Å². The predicted molar refractivity (Wildman–Crippen MR) is 112 cm³/mol. The van der Waals surface area contributed by atoms with Gasteiger partial charge >= 0.3 is 0 Å². The van der Waals surface area contributed by atoms with Gasteiger partial charge in [0.1, 0.15) is 0 Å². The van der Waals surface area contributed by atoms with Gasteiger partial charge in [-0.15, -0.1) is 24.0 Å². The first-order chi connectivity index (χ1) is 11.7. The van der Waals surface area contributed by atoms with Gasteiger partial charge in [0.2, 0.25) is 0 Å². The molecule has 1 saturated heterocycles. The molecule has 1 aliphatic carbocycles.